The van der Waals surface area contributed by atoms with Crippen LogP contribution in [0.3, 0.4) is 0 Å². The van der Waals surface area contributed by atoms with Crippen LogP contribution in [0.25, 0.3) is 0 Å². The number of hydrogen-bond acceptors (Lipinski definition) is 2. The fourth-order valence-corrected chi connectivity index (χ4v) is 2.24. The monoisotopic (exact) mass is 253 g/mol. The number of carbonyl (C=O) groups is 1. The lowest BCUT2D eigenvalue weighted by atomic mass is 10.1. The predicted octanol–water partition coefficient (Wildman–Crippen LogP) is 3.05. The highest BCUT2D eigenvalue weighted by Crippen LogP contribution is 2.24. The van der Waals surface area contributed by atoms with Crippen molar-refractivity contribution in [3.05, 3.63) is 23.4 Å². The summed E-state index contributed by atoms with van der Waals surface area (Å²) in [5.41, 5.74) is 0. The zero-order valence-corrected chi connectivity index (χ0v) is 10.5. The number of nitrogens with one attached hydrogen (secondary N) is 2. The Labute approximate surface area is 106 Å². The highest BCUT2D eigenvalue weighted by atomic mass is 35.5. The Morgan fingerprint density at radius 3 is 2.88 bits per heavy atom. The Morgan fingerprint density at radius 1 is 1.47 bits per heavy atom. The lowest BCUT2D eigenvalue weighted by Gasteiger charge is -2.12. The molecule has 0 radical (unpaired) electrons. The molecule has 1 saturated carbocycles. The summed E-state index contributed by atoms with van der Waals surface area (Å²) in [5.74, 6) is 1.21. The number of urea groups is 1. The molecule has 2 amide bonds. The minimum Gasteiger partial charge on any atom is -0.335 e. The number of halogens is 1. The molecule has 92 valence electrons. The van der Waals surface area contributed by atoms with Crippen LogP contribution in [0.15, 0.2) is 18.3 Å². The highest BCUT2D eigenvalue weighted by molar-refractivity contribution is 6.30. The molecule has 0 saturated heterocycles. The van der Waals surface area contributed by atoms with Gasteiger partial charge >= 0.3 is 6.03 Å². The number of nitrogens with zero attached hydrogens (tertiary/aromatic N) is 1. The first kappa shape index (κ1) is 12.2. The summed E-state index contributed by atoms with van der Waals surface area (Å²) in [4.78, 5) is 15.7. The van der Waals surface area contributed by atoms with Gasteiger partial charge in [0.25, 0.3) is 0 Å². The molecule has 4 nitrogen and oxygen atoms in total. The molecular formula is C12H16ClN3O. The van der Waals surface area contributed by atoms with E-state index in [1.807, 2.05) is 0 Å². The summed E-state index contributed by atoms with van der Waals surface area (Å²) in [6.07, 6.45) is 4.81. The number of anilines is 1. The van der Waals surface area contributed by atoms with Crippen molar-refractivity contribution in [3.63, 3.8) is 0 Å². The average Bonchev–Trinajstić information content (AvgIpc) is 2.67. The Hall–Kier alpha value is -1.29. The van der Waals surface area contributed by atoms with Crippen molar-refractivity contribution in [2.45, 2.75) is 32.2 Å². The van der Waals surface area contributed by atoms with E-state index in [4.69, 9.17) is 11.6 Å². The van der Waals surface area contributed by atoms with Gasteiger partial charge in [-0.25, -0.2) is 9.78 Å². The van der Waals surface area contributed by atoms with E-state index < -0.39 is 0 Å². The van der Waals surface area contributed by atoms with E-state index in [2.05, 4.69) is 22.5 Å². The maximum absolute atomic E-state index is 11.7. The second-order valence-electron chi connectivity index (χ2n) is 4.58. The second-order valence-corrected chi connectivity index (χ2v) is 5.01. The smallest absolute Gasteiger partial charge is 0.320 e. The van der Waals surface area contributed by atoms with E-state index in [-0.39, 0.29) is 12.1 Å². The van der Waals surface area contributed by atoms with Crippen molar-refractivity contribution in [2.75, 3.05) is 5.32 Å². The van der Waals surface area contributed by atoms with Gasteiger partial charge in [-0.3, -0.25) is 5.32 Å². The summed E-state index contributed by atoms with van der Waals surface area (Å²) >= 11 is 5.71. The third-order valence-electron chi connectivity index (χ3n) is 3.00. The van der Waals surface area contributed by atoms with Crippen LogP contribution in [0.4, 0.5) is 10.6 Å². The third kappa shape index (κ3) is 3.60. The number of rotatable bonds is 2. The number of amides is 2. The van der Waals surface area contributed by atoms with Crippen LogP contribution >= 0.6 is 11.6 Å². The average molecular weight is 254 g/mol. The van der Waals surface area contributed by atoms with Gasteiger partial charge in [0.15, 0.2) is 0 Å². The fourth-order valence-electron chi connectivity index (χ4n) is 2.13. The molecule has 2 atom stereocenters. The van der Waals surface area contributed by atoms with E-state index in [1.165, 1.54) is 12.6 Å². The van der Waals surface area contributed by atoms with Crippen molar-refractivity contribution in [1.29, 1.82) is 0 Å². The van der Waals surface area contributed by atoms with Crippen LogP contribution in [0.2, 0.25) is 5.02 Å². The molecular weight excluding hydrogens is 238 g/mol. The minimum absolute atomic E-state index is 0.195. The molecule has 0 spiro atoms. The van der Waals surface area contributed by atoms with E-state index in [0.29, 0.717) is 16.8 Å². The first-order valence-corrected chi connectivity index (χ1v) is 6.20. The Bertz CT molecular complexity index is 393. The van der Waals surface area contributed by atoms with Gasteiger partial charge in [-0.15, -0.1) is 0 Å². The molecule has 0 aromatic carbocycles. The van der Waals surface area contributed by atoms with Crippen LogP contribution in [0.1, 0.15) is 26.2 Å². The van der Waals surface area contributed by atoms with Crippen LogP contribution in [-0.4, -0.2) is 17.1 Å². The van der Waals surface area contributed by atoms with Crippen molar-refractivity contribution in [2.24, 2.45) is 5.92 Å². The molecule has 0 aliphatic heterocycles. The zero-order chi connectivity index (χ0) is 12.3. The summed E-state index contributed by atoms with van der Waals surface area (Å²) in [6.45, 7) is 2.21. The number of carbonyl (C=O) groups excluding carboxylic acids is 1. The molecule has 2 rings (SSSR count). The van der Waals surface area contributed by atoms with Gasteiger partial charge in [0.05, 0.1) is 5.02 Å². The summed E-state index contributed by atoms with van der Waals surface area (Å²) in [5, 5.41) is 6.20. The number of pyridine rings is 1. The van der Waals surface area contributed by atoms with Gasteiger partial charge in [0.2, 0.25) is 0 Å². The van der Waals surface area contributed by atoms with Crippen LogP contribution in [0.5, 0.6) is 0 Å². The van der Waals surface area contributed by atoms with Crippen LogP contribution in [0, 0.1) is 5.92 Å². The number of aromatic nitrogens is 1. The van der Waals surface area contributed by atoms with E-state index in [9.17, 15) is 4.79 Å². The second kappa shape index (κ2) is 5.36. The highest BCUT2D eigenvalue weighted by Gasteiger charge is 2.22. The fraction of sp³-hybridized carbons (Fsp3) is 0.500. The molecule has 2 unspecified atom stereocenters. The maximum atomic E-state index is 11.7. The van der Waals surface area contributed by atoms with Crippen molar-refractivity contribution in [3.8, 4) is 0 Å². The van der Waals surface area contributed by atoms with Gasteiger partial charge in [0.1, 0.15) is 5.82 Å². The van der Waals surface area contributed by atoms with E-state index >= 15 is 0 Å². The van der Waals surface area contributed by atoms with Crippen molar-refractivity contribution >= 4 is 23.4 Å². The molecule has 17 heavy (non-hydrogen) atoms. The molecule has 1 fully saturated rings. The molecule has 1 aromatic rings. The summed E-state index contributed by atoms with van der Waals surface area (Å²) in [6, 6.07) is 3.47. The normalized spacial score (nSPS) is 23.4. The first-order valence-electron chi connectivity index (χ1n) is 5.82. The molecule has 1 aliphatic carbocycles. The van der Waals surface area contributed by atoms with Gasteiger partial charge < -0.3 is 5.32 Å². The summed E-state index contributed by atoms with van der Waals surface area (Å²) < 4.78 is 0. The van der Waals surface area contributed by atoms with Crippen molar-refractivity contribution in [1.82, 2.24) is 10.3 Å². The van der Waals surface area contributed by atoms with Crippen molar-refractivity contribution < 1.29 is 4.79 Å². The topological polar surface area (TPSA) is 54.0 Å². The lowest BCUT2D eigenvalue weighted by Crippen LogP contribution is -2.36. The van der Waals surface area contributed by atoms with Crippen LogP contribution < -0.4 is 10.6 Å². The molecule has 1 aromatic heterocycles. The quantitative estimate of drug-likeness (QED) is 0.851. The van der Waals surface area contributed by atoms with Gasteiger partial charge in [-0.05, 0) is 37.3 Å². The molecule has 2 N–H and O–H groups in total. The molecule has 5 heteroatoms. The van der Waals surface area contributed by atoms with Crippen LogP contribution in [-0.2, 0) is 0 Å². The SMILES string of the molecule is CC1CCC(NC(=O)Nc2ccc(Cl)cn2)C1. The standard InChI is InChI=1S/C12H16ClN3O/c1-8-2-4-10(6-8)15-12(17)16-11-5-3-9(13)7-14-11/h3,5,7-8,10H,2,4,6H2,1H3,(H2,14,15,16,17). The molecule has 1 aliphatic rings. The minimum atomic E-state index is -0.195. The lowest BCUT2D eigenvalue weighted by molar-refractivity contribution is 0.248. The van der Waals surface area contributed by atoms with Gasteiger partial charge in [-0.1, -0.05) is 18.5 Å². The zero-order valence-electron chi connectivity index (χ0n) is 9.74. The first-order chi connectivity index (χ1) is 8.13. The number of hydrogen-bond donors (Lipinski definition) is 2. The molecule has 1 heterocycles. The van der Waals surface area contributed by atoms with E-state index in [1.54, 1.807) is 12.1 Å². The van der Waals surface area contributed by atoms with Gasteiger partial charge in [-0.2, -0.15) is 0 Å². The Balaban J connectivity index is 1.83. The Morgan fingerprint density at radius 2 is 2.29 bits per heavy atom. The molecule has 0 bridgehead atoms. The van der Waals surface area contributed by atoms with E-state index in [0.717, 1.165) is 12.8 Å². The largest absolute Gasteiger partial charge is 0.335 e. The third-order valence-corrected chi connectivity index (χ3v) is 3.22. The maximum Gasteiger partial charge on any atom is 0.320 e. The summed E-state index contributed by atoms with van der Waals surface area (Å²) in [7, 11) is 0. The van der Waals surface area contributed by atoms with Gasteiger partial charge in [0, 0.05) is 12.2 Å². The Kier molecular flexibility index (Phi) is 3.84. The predicted molar refractivity (Wildman–Crippen MR) is 68.2 cm³/mol.